The maximum atomic E-state index is 12.7. The van der Waals surface area contributed by atoms with Crippen LogP contribution in [0.4, 0.5) is 0 Å². The number of hydrogen-bond donors (Lipinski definition) is 0. The average molecular weight is 369 g/mol. The molecule has 2 unspecified atom stereocenters. The lowest BCUT2D eigenvalue weighted by Crippen LogP contribution is -2.43. The molecule has 1 saturated heterocycles. The molecule has 27 heavy (non-hydrogen) atoms. The van der Waals surface area contributed by atoms with Gasteiger partial charge in [-0.2, -0.15) is 0 Å². The Morgan fingerprint density at radius 1 is 0.889 bits per heavy atom. The summed E-state index contributed by atoms with van der Waals surface area (Å²) >= 11 is 0. The van der Waals surface area contributed by atoms with Gasteiger partial charge in [-0.15, -0.1) is 0 Å². The Labute approximate surface area is 160 Å². The van der Waals surface area contributed by atoms with E-state index in [4.69, 9.17) is 4.74 Å². The standard InChI is InChI=1S/C22H27NO4/c1-14-6-12-17(13-7-14)27-22(26)15-8-10-16(11-9-15)23-20(24)18-4-2-3-5-19(18)21(23)25/h6-7,12-13,15-16,18-19H,2-5,8-11H2,1H3. The highest BCUT2D eigenvalue weighted by atomic mass is 16.5. The number of benzene rings is 1. The van der Waals surface area contributed by atoms with Gasteiger partial charge in [-0.3, -0.25) is 19.3 Å². The maximum absolute atomic E-state index is 12.7. The molecule has 0 radical (unpaired) electrons. The summed E-state index contributed by atoms with van der Waals surface area (Å²) in [6.07, 6.45) is 6.53. The fourth-order valence-electron chi connectivity index (χ4n) is 4.92. The Hall–Kier alpha value is -2.17. The number of likely N-dealkylation sites (tertiary alicyclic amines) is 1. The van der Waals surface area contributed by atoms with Crippen molar-refractivity contribution in [3.8, 4) is 5.75 Å². The fourth-order valence-corrected chi connectivity index (χ4v) is 4.92. The SMILES string of the molecule is Cc1ccc(OC(=O)C2CCC(N3C(=O)C4CCCCC4C3=O)CC2)cc1. The van der Waals surface area contributed by atoms with Crippen LogP contribution in [0.25, 0.3) is 0 Å². The highest BCUT2D eigenvalue weighted by Gasteiger charge is 2.50. The molecule has 0 aromatic heterocycles. The Balaban J connectivity index is 1.34. The van der Waals surface area contributed by atoms with Crippen LogP contribution in [0.5, 0.6) is 5.75 Å². The third kappa shape index (κ3) is 3.52. The molecule has 1 aromatic carbocycles. The monoisotopic (exact) mass is 369 g/mol. The summed E-state index contributed by atoms with van der Waals surface area (Å²) in [6.45, 7) is 1.99. The lowest BCUT2D eigenvalue weighted by atomic mass is 9.81. The number of ether oxygens (including phenoxy) is 1. The first-order chi connectivity index (χ1) is 13.0. The third-order valence-electron chi connectivity index (χ3n) is 6.51. The lowest BCUT2D eigenvalue weighted by Gasteiger charge is -2.32. The summed E-state index contributed by atoms with van der Waals surface area (Å²) in [5, 5.41) is 0. The minimum absolute atomic E-state index is 0.0374. The lowest BCUT2D eigenvalue weighted by molar-refractivity contribution is -0.144. The van der Waals surface area contributed by atoms with Crippen molar-refractivity contribution in [2.45, 2.75) is 64.3 Å². The zero-order valence-corrected chi connectivity index (χ0v) is 15.9. The van der Waals surface area contributed by atoms with Crippen molar-refractivity contribution in [2.75, 3.05) is 0 Å². The highest BCUT2D eigenvalue weighted by molar-refractivity contribution is 6.05. The number of hydrogen-bond acceptors (Lipinski definition) is 4. The van der Waals surface area contributed by atoms with Gasteiger partial charge >= 0.3 is 5.97 Å². The number of fused-ring (bicyclic) bond motifs is 1. The van der Waals surface area contributed by atoms with Crippen molar-refractivity contribution in [2.24, 2.45) is 17.8 Å². The van der Waals surface area contributed by atoms with Gasteiger partial charge in [0, 0.05) is 6.04 Å². The first-order valence-electron chi connectivity index (χ1n) is 10.2. The minimum Gasteiger partial charge on any atom is -0.426 e. The van der Waals surface area contributed by atoms with Crippen LogP contribution in [0.15, 0.2) is 24.3 Å². The molecular formula is C22H27NO4. The molecule has 3 aliphatic rings. The van der Waals surface area contributed by atoms with Crippen molar-refractivity contribution in [1.82, 2.24) is 4.90 Å². The number of aryl methyl sites for hydroxylation is 1. The van der Waals surface area contributed by atoms with Gasteiger partial charge in [0.1, 0.15) is 5.75 Å². The van der Waals surface area contributed by atoms with E-state index in [-0.39, 0.29) is 41.6 Å². The Morgan fingerprint density at radius 2 is 1.44 bits per heavy atom. The fraction of sp³-hybridized carbons (Fsp3) is 0.591. The summed E-state index contributed by atoms with van der Waals surface area (Å²) in [6, 6.07) is 7.41. The number of esters is 1. The zero-order chi connectivity index (χ0) is 19.0. The zero-order valence-electron chi connectivity index (χ0n) is 15.9. The van der Waals surface area contributed by atoms with E-state index in [0.29, 0.717) is 31.4 Å². The second-order valence-corrected chi connectivity index (χ2v) is 8.28. The van der Waals surface area contributed by atoms with Crippen LogP contribution in [0.3, 0.4) is 0 Å². The molecule has 2 saturated carbocycles. The predicted molar refractivity (Wildman–Crippen MR) is 99.9 cm³/mol. The van der Waals surface area contributed by atoms with Gasteiger partial charge < -0.3 is 4.74 Å². The van der Waals surface area contributed by atoms with E-state index in [1.807, 2.05) is 31.2 Å². The number of nitrogens with zero attached hydrogens (tertiary/aromatic N) is 1. The molecular weight excluding hydrogens is 342 g/mol. The molecule has 144 valence electrons. The van der Waals surface area contributed by atoms with Crippen LogP contribution < -0.4 is 4.74 Å². The van der Waals surface area contributed by atoms with E-state index in [1.165, 1.54) is 0 Å². The van der Waals surface area contributed by atoms with E-state index in [0.717, 1.165) is 31.2 Å². The number of amides is 2. The number of rotatable bonds is 3. The van der Waals surface area contributed by atoms with Crippen LogP contribution >= 0.6 is 0 Å². The molecule has 2 atom stereocenters. The van der Waals surface area contributed by atoms with Gasteiger partial charge in [-0.25, -0.2) is 0 Å². The highest BCUT2D eigenvalue weighted by Crippen LogP contribution is 2.41. The average Bonchev–Trinajstić information content (AvgIpc) is 2.95. The molecule has 1 heterocycles. The van der Waals surface area contributed by atoms with Gasteiger partial charge in [0.15, 0.2) is 0 Å². The molecule has 0 N–H and O–H groups in total. The Morgan fingerprint density at radius 3 is 2.00 bits per heavy atom. The van der Waals surface area contributed by atoms with Gasteiger partial charge in [-0.05, 0) is 57.6 Å². The quantitative estimate of drug-likeness (QED) is 0.464. The largest absolute Gasteiger partial charge is 0.426 e. The second-order valence-electron chi connectivity index (χ2n) is 8.28. The van der Waals surface area contributed by atoms with Crippen molar-refractivity contribution >= 4 is 17.8 Å². The molecule has 5 heteroatoms. The molecule has 0 bridgehead atoms. The van der Waals surface area contributed by atoms with Crippen LogP contribution in [-0.4, -0.2) is 28.7 Å². The molecule has 2 amide bonds. The number of carbonyl (C=O) groups excluding carboxylic acids is 3. The van der Waals surface area contributed by atoms with Crippen molar-refractivity contribution in [1.29, 1.82) is 0 Å². The van der Waals surface area contributed by atoms with Crippen LogP contribution in [-0.2, 0) is 14.4 Å². The van der Waals surface area contributed by atoms with Crippen LogP contribution in [0.2, 0.25) is 0 Å². The number of imide groups is 1. The second kappa shape index (κ2) is 7.45. The molecule has 3 fully saturated rings. The van der Waals surface area contributed by atoms with E-state index in [1.54, 1.807) is 4.90 Å². The van der Waals surface area contributed by atoms with E-state index < -0.39 is 0 Å². The summed E-state index contributed by atoms with van der Waals surface area (Å²) in [7, 11) is 0. The molecule has 5 nitrogen and oxygen atoms in total. The summed E-state index contributed by atoms with van der Waals surface area (Å²) in [4.78, 5) is 39.5. The number of carbonyl (C=O) groups is 3. The third-order valence-corrected chi connectivity index (χ3v) is 6.51. The summed E-state index contributed by atoms with van der Waals surface area (Å²) in [5.41, 5.74) is 1.12. The first-order valence-corrected chi connectivity index (χ1v) is 10.2. The summed E-state index contributed by atoms with van der Waals surface area (Å²) < 4.78 is 5.50. The Bertz CT molecular complexity index is 709. The smallest absolute Gasteiger partial charge is 0.314 e. The molecule has 4 rings (SSSR count). The van der Waals surface area contributed by atoms with Gasteiger partial charge in [-0.1, -0.05) is 30.5 Å². The molecule has 0 spiro atoms. The molecule has 1 aliphatic heterocycles. The van der Waals surface area contributed by atoms with E-state index >= 15 is 0 Å². The maximum Gasteiger partial charge on any atom is 0.314 e. The topological polar surface area (TPSA) is 63.7 Å². The Kier molecular flexibility index (Phi) is 5.02. The van der Waals surface area contributed by atoms with Crippen molar-refractivity contribution < 1.29 is 19.1 Å². The van der Waals surface area contributed by atoms with E-state index in [9.17, 15) is 14.4 Å². The van der Waals surface area contributed by atoms with Crippen LogP contribution in [0, 0.1) is 24.7 Å². The molecule has 1 aromatic rings. The molecule has 2 aliphatic carbocycles. The van der Waals surface area contributed by atoms with Crippen molar-refractivity contribution in [3.05, 3.63) is 29.8 Å². The van der Waals surface area contributed by atoms with Gasteiger partial charge in [0.25, 0.3) is 0 Å². The van der Waals surface area contributed by atoms with Crippen LogP contribution in [0.1, 0.15) is 56.9 Å². The van der Waals surface area contributed by atoms with Gasteiger partial charge in [0.2, 0.25) is 11.8 Å². The van der Waals surface area contributed by atoms with Crippen molar-refractivity contribution in [3.63, 3.8) is 0 Å². The summed E-state index contributed by atoms with van der Waals surface area (Å²) in [5.74, 6) is 0.112. The van der Waals surface area contributed by atoms with E-state index in [2.05, 4.69) is 0 Å². The predicted octanol–water partition coefficient (Wildman–Crippen LogP) is 3.63. The normalized spacial score (nSPS) is 30.9. The first kappa shape index (κ1) is 18.2. The van der Waals surface area contributed by atoms with Gasteiger partial charge in [0.05, 0.1) is 17.8 Å². The minimum atomic E-state index is -0.204.